The maximum absolute atomic E-state index is 13.8. The van der Waals surface area contributed by atoms with Crippen molar-refractivity contribution >= 4 is 48.1 Å². The summed E-state index contributed by atoms with van der Waals surface area (Å²) < 4.78 is 31.7. The van der Waals surface area contributed by atoms with Gasteiger partial charge in [-0.25, -0.2) is 40.3 Å². The summed E-state index contributed by atoms with van der Waals surface area (Å²) in [6.07, 6.45) is -2.21. The Balaban J connectivity index is 0.000000259. The number of nitrogens with two attached hydrogens (primary N) is 1. The number of rotatable bonds is 33. The zero-order valence-corrected chi connectivity index (χ0v) is 70.1. The summed E-state index contributed by atoms with van der Waals surface area (Å²) in [7, 11) is 0. The van der Waals surface area contributed by atoms with Gasteiger partial charge in [0, 0.05) is 39.2 Å². The summed E-state index contributed by atoms with van der Waals surface area (Å²) in [4.78, 5) is 96.8. The molecule has 670 valence electrons. The lowest BCUT2D eigenvalue weighted by molar-refractivity contribution is -0.161. The van der Waals surface area contributed by atoms with Crippen LogP contribution in [0.1, 0.15) is 95.8 Å². The molecular weight excluding hydrogens is 1640 g/mol. The lowest BCUT2D eigenvalue weighted by atomic mass is 9.91. The van der Waals surface area contributed by atoms with Gasteiger partial charge >= 0.3 is 48.1 Å². The molecule has 0 radical (unpaired) electrons. The number of carbonyl (C=O) groups is 8. The standard InChI is InChI=1S/C32H32N2O6.C25H26N2O6.C18H20N2O6.C10H14N2O4.C9H10O2.H2O/c1-32(20-27-17-18-28(35)29(36)19-27,30(37)39-22-25-13-7-3-8-14-25)34(21-24-11-5-2-6-12-24)33-31(38)40-23-26-15-9-4-10-16-26;1-25(15-20-12-13-21(28)22(29)14-20,23(30)32-16-18-8-4-2-5-9-18)27-26-24(31)33-17-19-10-6-3-7-11-19;1-18(16(23)24,10-13-7-8-14(21)15(22)9-13)20-19-17(25)26-11-12-5-3-2-4-6-12;1-10(12-11,9(15)16)5-6-2-3-7(13)8(14)4-6;1-8(10)11-7-9-5-3-2-4-6-9;/h2-19,35-36H,20-23H2,1H3,(H,33,38);2-14,27-29H,15-17H2,1H3,(H,26,31);2-9,20-22H,10-11H2,1H3,(H,19,25)(H,23,24);2-4,12-14H,5,11H2,1H3,(H,15,16);2-6H,7H2,1H3;1H2/t32-;25-;18-;10-;;/m0000../s1. The number of carbonyl (C=O) groups excluding carboxylic acids is 6. The summed E-state index contributed by atoms with van der Waals surface area (Å²) in [6.45, 7) is 8.19. The number of carboxylic acids is 2. The lowest BCUT2D eigenvalue weighted by Crippen LogP contribution is -2.61. The Hall–Kier alpha value is -15.3. The third kappa shape index (κ3) is 34.2. The van der Waals surface area contributed by atoms with Crippen LogP contribution in [-0.4, -0.2) is 132 Å². The third-order valence-corrected chi connectivity index (χ3v) is 18.8. The summed E-state index contributed by atoms with van der Waals surface area (Å²) in [5.74, 6) is -0.972. The molecule has 0 aliphatic carbocycles. The van der Waals surface area contributed by atoms with E-state index in [0.29, 0.717) is 28.9 Å². The molecule has 0 aromatic heterocycles. The molecule has 3 amide bonds. The molecule has 0 aliphatic heterocycles. The summed E-state index contributed by atoms with van der Waals surface area (Å²) >= 11 is 0. The van der Waals surface area contributed by atoms with Gasteiger partial charge in [0.15, 0.2) is 46.0 Å². The van der Waals surface area contributed by atoms with Gasteiger partial charge in [-0.05, 0) is 137 Å². The van der Waals surface area contributed by atoms with E-state index in [4.69, 9.17) is 44.5 Å². The number of hydrazine groups is 4. The average Bonchev–Trinajstić information content (AvgIpc) is 0.789. The first kappa shape index (κ1) is 101. The number of nitrogens with one attached hydrogen (secondary N) is 6. The van der Waals surface area contributed by atoms with Crippen molar-refractivity contribution in [3.8, 4) is 46.0 Å². The number of benzene rings is 11. The fourth-order valence-corrected chi connectivity index (χ4v) is 11.5. The van der Waals surface area contributed by atoms with E-state index in [1.165, 1.54) is 86.4 Å². The van der Waals surface area contributed by atoms with Crippen LogP contribution in [-0.2, 0) is 124 Å². The molecule has 0 aliphatic rings. The van der Waals surface area contributed by atoms with Crippen molar-refractivity contribution in [3.63, 3.8) is 0 Å². The van der Waals surface area contributed by atoms with E-state index in [1.807, 2.05) is 200 Å². The topological polar surface area (TPSA) is 527 Å². The first-order chi connectivity index (χ1) is 60.2. The Bertz CT molecular complexity index is 5310. The van der Waals surface area contributed by atoms with Crippen molar-refractivity contribution in [3.05, 3.63) is 346 Å². The van der Waals surface area contributed by atoms with Crippen molar-refractivity contribution < 1.29 is 123 Å². The van der Waals surface area contributed by atoms with E-state index in [9.17, 15) is 79.2 Å². The molecule has 11 aromatic carbocycles. The van der Waals surface area contributed by atoms with Crippen molar-refractivity contribution in [2.45, 2.75) is 129 Å². The molecule has 127 heavy (non-hydrogen) atoms. The molecule has 11 rings (SSSR count). The highest BCUT2D eigenvalue weighted by Gasteiger charge is 2.44. The Morgan fingerprint density at radius 3 is 0.866 bits per heavy atom. The lowest BCUT2D eigenvalue weighted by Gasteiger charge is -2.39. The number of hydrogen-bond acceptors (Lipinski definition) is 27. The predicted molar refractivity (Wildman–Crippen MR) is 466 cm³/mol. The summed E-state index contributed by atoms with van der Waals surface area (Å²) in [6, 6.07) is 81.6. The van der Waals surface area contributed by atoms with E-state index >= 15 is 0 Å². The van der Waals surface area contributed by atoms with Crippen LogP contribution in [0.5, 0.6) is 46.0 Å². The third-order valence-electron chi connectivity index (χ3n) is 18.8. The zero-order valence-electron chi connectivity index (χ0n) is 70.1. The smallest absolute Gasteiger partial charge is 0.422 e. The Kier molecular flexibility index (Phi) is 39.9. The van der Waals surface area contributed by atoms with Crippen molar-refractivity contribution in [2.75, 3.05) is 0 Å². The SMILES string of the molecule is CC(=O)OCc1ccccc1.C[C@@](Cc1ccc(O)c(O)c1)(NN)C(=O)O.C[C@@](Cc1ccc(O)c(O)c1)(NNC(=O)OCc1ccccc1)C(=O)O.C[C@@](Cc1ccc(O)c(O)c1)(NNC(=O)OCc1ccccc1)C(=O)OCc1ccccc1.C[C@](Cc1ccc(O)c(O)c1)(C(=O)OCc1ccccc1)N(Cc1ccccc1)NC(=O)OCc1ccccc1.O. The van der Waals surface area contributed by atoms with Gasteiger partial charge in [-0.2, -0.15) is 5.01 Å². The van der Waals surface area contributed by atoms with Crippen LogP contribution in [0, 0.1) is 0 Å². The predicted octanol–water partition coefficient (Wildman–Crippen LogP) is 11.8. The molecule has 0 saturated carbocycles. The highest BCUT2D eigenvalue weighted by atomic mass is 16.6. The molecule has 20 N–H and O–H groups in total. The maximum Gasteiger partial charge on any atom is 0.422 e. The van der Waals surface area contributed by atoms with Gasteiger partial charge in [-0.1, -0.05) is 237 Å². The van der Waals surface area contributed by atoms with E-state index in [1.54, 1.807) is 38.1 Å². The van der Waals surface area contributed by atoms with Crippen LogP contribution < -0.4 is 38.4 Å². The van der Waals surface area contributed by atoms with Gasteiger partial charge in [0.05, 0.1) is 0 Å². The van der Waals surface area contributed by atoms with Crippen LogP contribution >= 0.6 is 0 Å². The molecule has 0 bridgehead atoms. The number of phenols is 8. The summed E-state index contributed by atoms with van der Waals surface area (Å²) in [5, 5.41) is 96.4. The molecule has 0 fully saturated rings. The second-order valence-corrected chi connectivity index (χ2v) is 29.3. The zero-order chi connectivity index (χ0) is 91.7. The number of carboxylic acid groups (broad SMARTS) is 2. The monoisotopic (exact) mass is 1740 g/mol. The van der Waals surface area contributed by atoms with E-state index in [0.717, 1.165) is 38.9 Å². The van der Waals surface area contributed by atoms with E-state index in [2.05, 4.69) is 32.6 Å². The van der Waals surface area contributed by atoms with Gasteiger partial charge in [-0.3, -0.25) is 36.5 Å². The molecule has 33 nitrogen and oxygen atoms in total. The van der Waals surface area contributed by atoms with Gasteiger partial charge < -0.3 is 85.0 Å². The Labute approximate surface area is 732 Å². The second-order valence-electron chi connectivity index (χ2n) is 29.3. The minimum absolute atomic E-state index is 0. The van der Waals surface area contributed by atoms with Crippen molar-refractivity contribution in [2.24, 2.45) is 5.84 Å². The molecule has 0 spiro atoms. The van der Waals surface area contributed by atoms with Gasteiger partial charge in [-0.15, -0.1) is 0 Å². The molecule has 11 aromatic rings. The molecular formula is C94H104N8O25. The first-order valence-corrected chi connectivity index (χ1v) is 39.0. The molecule has 4 atom stereocenters. The van der Waals surface area contributed by atoms with Gasteiger partial charge in [0.2, 0.25) is 0 Å². The number of amides is 3. The second kappa shape index (κ2) is 50.4. The van der Waals surface area contributed by atoms with E-state index < -0.39 is 64.3 Å². The Morgan fingerprint density at radius 2 is 0.567 bits per heavy atom. The van der Waals surface area contributed by atoms with Gasteiger partial charge in [0.25, 0.3) is 0 Å². The minimum Gasteiger partial charge on any atom is -0.504 e. The number of nitrogens with zero attached hydrogens (tertiary/aromatic N) is 1. The highest BCUT2D eigenvalue weighted by Crippen LogP contribution is 2.33. The number of aromatic hydroxyl groups is 8. The number of hydrogen-bond donors (Lipinski definition) is 17. The van der Waals surface area contributed by atoms with Crippen LogP contribution in [0.4, 0.5) is 14.4 Å². The number of ether oxygens (including phenoxy) is 6. The fourth-order valence-electron chi connectivity index (χ4n) is 11.5. The van der Waals surface area contributed by atoms with Crippen molar-refractivity contribution in [1.82, 2.24) is 37.6 Å². The number of aliphatic carboxylic acids is 2. The van der Waals surface area contributed by atoms with Crippen LogP contribution in [0.15, 0.2) is 285 Å². The number of esters is 3. The van der Waals surface area contributed by atoms with Crippen molar-refractivity contribution in [1.29, 1.82) is 0 Å². The Morgan fingerprint density at radius 1 is 0.307 bits per heavy atom. The fraction of sp³-hybridized carbons (Fsp3) is 0.213. The van der Waals surface area contributed by atoms with E-state index in [-0.39, 0.29) is 123 Å². The molecule has 0 unspecified atom stereocenters. The van der Waals surface area contributed by atoms with Crippen LogP contribution in [0.2, 0.25) is 0 Å². The quantitative estimate of drug-likeness (QED) is 0.00597. The van der Waals surface area contributed by atoms with Crippen LogP contribution in [0.3, 0.4) is 0 Å². The largest absolute Gasteiger partial charge is 0.504 e. The highest BCUT2D eigenvalue weighted by molar-refractivity contribution is 5.83. The maximum atomic E-state index is 13.8. The van der Waals surface area contributed by atoms with Gasteiger partial charge in [0.1, 0.15) is 61.8 Å². The minimum atomic E-state index is -1.56. The molecule has 33 heteroatoms. The van der Waals surface area contributed by atoms with Crippen LogP contribution in [0.25, 0.3) is 0 Å². The average molecular weight is 1750 g/mol. The molecule has 0 saturated heterocycles. The molecule has 0 heterocycles. The summed E-state index contributed by atoms with van der Waals surface area (Å²) in [5.41, 5.74) is 17.0. The normalized spacial score (nSPS) is 12.3. The number of phenolic OH excluding ortho intramolecular Hbond substituents is 8. The first-order valence-electron chi connectivity index (χ1n) is 39.0.